The second-order valence-electron chi connectivity index (χ2n) is 7.10. The fourth-order valence-electron chi connectivity index (χ4n) is 4.91. The van der Waals surface area contributed by atoms with Crippen LogP contribution in [0.15, 0.2) is 36.4 Å². The number of carbonyl (C=O) groups is 2. The number of nitrogens with one attached hydrogen (secondary N) is 1. The largest absolute Gasteiger partial charge is 0.367 e. The van der Waals surface area contributed by atoms with Crippen LogP contribution in [0.2, 0.25) is 5.02 Å². The molecule has 1 aromatic carbocycles. The van der Waals surface area contributed by atoms with Crippen LogP contribution in [0.4, 0.5) is 5.69 Å². The molecule has 1 aliphatic heterocycles. The van der Waals surface area contributed by atoms with Crippen molar-refractivity contribution in [3.05, 3.63) is 41.4 Å². The molecule has 0 aromatic heterocycles. The zero-order valence-corrected chi connectivity index (χ0v) is 13.2. The van der Waals surface area contributed by atoms with Crippen LogP contribution in [0.3, 0.4) is 0 Å². The monoisotopic (exact) mass is 328 g/mol. The van der Waals surface area contributed by atoms with Gasteiger partial charge in [-0.1, -0.05) is 23.8 Å². The number of imide groups is 1. The second-order valence-corrected chi connectivity index (χ2v) is 7.54. The minimum atomic E-state index is -0.117. The molecule has 0 spiro atoms. The number of likely N-dealkylation sites (tertiary alicyclic amines) is 1. The summed E-state index contributed by atoms with van der Waals surface area (Å²) in [6.45, 7) is 0.237. The highest BCUT2D eigenvalue weighted by atomic mass is 35.5. The van der Waals surface area contributed by atoms with Gasteiger partial charge < -0.3 is 5.32 Å². The molecule has 1 heterocycles. The Labute approximate surface area is 139 Å². The molecular weight excluding hydrogens is 312 g/mol. The fourth-order valence-corrected chi connectivity index (χ4v) is 5.04. The molecule has 1 N–H and O–H groups in total. The van der Waals surface area contributed by atoms with Gasteiger partial charge in [0.15, 0.2) is 0 Å². The van der Waals surface area contributed by atoms with Crippen LogP contribution in [-0.2, 0) is 9.59 Å². The normalized spacial score (nSPS) is 39.4. The molecule has 4 aliphatic carbocycles. The summed E-state index contributed by atoms with van der Waals surface area (Å²) in [5.41, 5.74) is 0.855. The maximum atomic E-state index is 12.8. The summed E-state index contributed by atoms with van der Waals surface area (Å²) >= 11 is 5.87. The van der Waals surface area contributed by atoms with Gasteiger partial charge in [-0.3, -0.25) is 14.5 Å². The molecule has 2 saturated carbocycles. The average molecular weight is 329 g/mol. The summed E-state index contributed by atoms with van der Waals surface area (Å²) in [6, 6.07) is 7.27. The van der Waals surface area contributed by atoms with Crippen LogP contribution in [0.5, 0.6) is 0 Å². The van der Waals surface area contributed by atoms with Crippen LogP contribution in [-0.4, -0.2) is 23.4 Å². The van der Waals surface area contributed by atoms with E-state index >= 15 is 0 Å². The fraction of sp³-hybridized carbons (Fsp3) is 0.444. The molecule has 0 unspecified atom stereocenters. The number of anilines is 1. The second kappa shape index (κ2) is 4.60. The summed E-state index contributed by atoms with van der Waals surface area (Å²) in [6.07, 6.45) is 5.58. The standard InChI is InChI=1S/C18H17ClN2O2/c19-9-1-3-10(4-2-9)20-8-21-17(22)15-11-5-6-12(14-7-13(11)14)16(15)18(21)23/h1-6,11-16,20H,7-8H2/t11-,12-,13-,14+,15-,16+/m1/s1. The zero-order valence-electron chi connectivity index (χ0n) is 12.5. The minimum absolute atomic E-state index is 0.00571. The number of allylic oxidation sites excluding steroid dienone is 2. The Morgan fingerprint density at radius 1 is 1.00 bits per heavy atom. The molecule has 6 rings (SSSR count). The van der Waals surface area contributed by atoms with E-state index in [2.05, 4.69) is 17.5 Å². The predicted octanol–water partition coefficient (Wildman–Crippen LogP) is 2.76. The molecule has 2 bridgehead atoms. The molecule has 118 valence electrons. The molecule has 5 heteroatoms. The molecule has 5 aliphatic rings. The van der Waals surface area contributed by atoms with E-state index in [1.54, 1.807) is 12.1 Å². The first-order valence-corrected chi connectivity index (χ1v) is 8.56. The number of hydrogen-bond acceptors (Lipinski definition) is 3. The van der Waals surface area contributed by atoms with E-state index in [0.717, 1.165) is 5.69 Å². The van der Waals surface area contributed by atoms with E-state index in [9.17, 15) is 9.59 Å². The minimum Gasteiger partial charge on any atom is -0.367 e. The third kappa shape index (κ3) is 1.84. The van der Waals surface area contributed by atoms with Gasteiger partial charge in [0.2, 0.25) is 11.8 Å². The number of hydrogen-bond donors (Lipinski definition) is 1. The van der Waals surface area contributed by atoms with Crippen molar-refractivity contribution in [3.63, 3.8) is 0 Å². The van der Waals surface area contributed by atoms with Crippen molar-refractivity contribution in [1.29, 1.82) is 0 Å². The maximum absolute atomic E-state index is 12.8. The van der Waals surface area contributed by atoms with E-state index in [1.165, 1.54) is 11.3 Å². The SMILES string of the molecule is O=C1[C@@H]2[C@@H]3C=C[C@H]([C@@H]4C[C@H]34)[C@@H]2C(=O)N1CNc1ccc(Cl)cc1. The lowest BCUT2D eigenvalue weighted by Crippen LogP contribution is -2.40. The van der Waals surface area contributed by atoms with Crippen molar-refractivity contribution < 1.29 is 9.59 Å². The Balaban J connectivity index is 1.36. The van der Waals surface area contributed by atoms with Crippen molar-refractivity contribution in [2.75, 3.05) is 12.0 Å². The highest BCUT2D eigenvalue weighted by Gasteiger charge is 2.66. The van der Waals surface area contributed by atoms with E-state index < -0.39 is 0 Å². The van der Waals surface area contributed by atoms with Crippen molar-refractivity contribution >= 4 is 29.1 Å². The Morgan fingerprint density at radius 2 is 1.57 bits per heavy atom. The summed E-state index contributed by atoms with van der Waals surface area (Å²) in [5.74, 6) is 1.64. The third-order valence-corrected chi connectivity index (χ3v) is 6.29. The van der Waals surface area contributed by atoms with E-state index in [4.69, 9.17) is 11.6 Å². The third-order valence-electron chi connectivity index (χ3n) is 6.04. The highest BCUT2D eigenvalue weighted by molar-refractivity contribution is 6.30. The molecule has 1 saturated heterocycles. The summed E-state index contributed by atoms with van der Waals surface area (Å²) in [7, 11) is 0. The molecule has 4 nitrogen and oxygen atoms in total. The van der Waals surface area contributed by atoms with Gasteiger partial charge in [-0.05, 0) is 54.4 Å². The van der Waals surface area contributed by atoms with E-state index in [0.29, 0.717) is 16.9 Å². The number of benzene rings is 1. The zero-order chi connectivity index (χ0) is 15.7. The summed E-state index contributed by atoms with van der Waals surface area (Å²) in [5, 5.41) is 3.83. The van der Waals surface area contributed by atoms with Gasteiger partial charge in [0.05, 0.1) is 18.5 Å². The molecule has 23 heavy (non-hydrogen) atoms. The lowest BCUT2D eigenvalue weighted by molar-refractivity contribution is -0.139. The van der Waals surface area contributed by atoms with Gasteiger partial charge in [-0.25, -0.2) is 0 Å². The smallest absolute Gasteiger partial charge is 0.235 e. The summed E-state index contributed by atoms with van der Waals surface area (Å²) < 4.78 is 0. The maximum Gasteiger partial charge on any atom is 0.235 e. The van der Waals surface area contributed by atoms with Crippen LogP contribution >= 0.6 is 11.6 Å². The number of nitrogens with zero attached hydrogens (tertiary/aromatic N) is 1. The van der Waals surface area contributed by atoms with Crippen LogP contribution in [0.1, 0.15) is 6.42 Å². The molecule has 2 amide bonds. The number of rotatable bonds is 3. The van der Waals surface area contributed by atoms with Gasteiger partial charge in [0, 0.05) is 10.7 Å². The van der Waals surface area contributed by atoms with Crippen molar-refractivity contribution in [3.8, 4) is 0 Å². The van der Waals surface area contributed by atoms with Gasteiger partial charge in [-0.2, -0.15) is 0 Å². The molecular formula is C18H17ClN2O2. The van der Waals surface area contributed by atoms with Gasteiger partial charge in [-0.15, -0.1) is 0 Å². The van der Waals surface area contributed by atoms with Crippen LogP contribution in [0, 0.1) is 35.5 Å². The van der Waals surface area contributed by atoms with Crippen LogP contribution < -0.4 is 5.32 Å². The predicted molar refractivity (Wildman–Crippen MR) is 86.5 cm³/mol. The van der Waals surface area contributed by atoms with Crippen molar-refractivity contribution in [1.82, 2.24) is 4.90 Å². The first kappa shape index (κ1) is 13.6. The van der Waals surface area contributed by atoms with Crippen molar-refractivity contribution in [2.45, 2.75) is 6.42 Å². The summed E-state index contributed by atoms with van der Waals surface area (Å²) in [4.78, 5) is 27.0. The Morgan fingerprint density at radius 3 is 2.13 bits per heavy atom. The average Bonchev–Trinajstić information content (AvgIpc) is 3.33. The van der Waals surface area contributed by atoms with Crippen molar-refractivity contribution in [2.24, 2.45) is 35.5 Å². The Hall–Kier alpha value is -1.81. The Kier molecular flexibility index (Phi) is 2.72. The van der Waals surface area contributed by atoms with E-state index in [-0.39, 0.29) is 42.2 Å². The van der Waals surface area contributed by atoms with Gasteiger partial charge in [0.25, 0.3) is 0 Å². The van der Waals surface area contributed by atoms with Crippen LogP contribution in [0.25, 0.3) is 0 Å². The highest BCUT2D eigenvalue weighted by Crippen LogP contribution is 2.65. The number of carbonyl (C=O) groups excluding carboxylic acids is 2. The topological polar surface area (TPSA) is 49.4 Å². The molecule has 6 atom stereocenters. The van der Waals surface area contributed by atoms with Gasteiger partial charge >= 0.3 is 0 Å². The number of halogens is 1. The molecule has 0 radical (unpaired) electrons. The van der Waals surface area contributed by atoms with Gasteiger partial charge in [0.1, 0.15) is 0 Å². The number of amides is 2. The lowest BCUT2D eigenvalue weighted by atomic mass is 9.63. The quantitative estimate of drug-likeness (QED) is 0.685. The first-order valence-electron chi connectivity index (χ1n) is 8.18. The molecule has 3 fully saturated rings. The lowest BCUT2D eigenvalue weighted by Gasteiger charge is -2.37. The molecule has 1 aromatic rings. The Bertz CT molecular complexity index is 693. The first-order chi connectivity index (χ1) is 11.1. The van der Waals surface area contributed by atoms with E-state index in [1.807, 2.05) is 12.1 Å².